The average Bonchev–Trinajstić information content (AvgIpc) is 3.04. The molecule has 3 aromatic rings. The quantitative estimate of drug-likeness (QED) is 0.285. The molecule has 1 aliphatic carbocycles. The number of hydrogen-bond donors (Lipinski definition) is 0. The number of benzene rings is 1. The Morgan fingerprint density at radius 1 is 1.31 bits per heavy atom. The normalized spacial score (nSPS) is 16.8. The smallest absolute Gasteiger partial charge is 0.267 e. The van der Waals surface area contributed by atoms with Crippen molar-refractivity contribution in [2.45, 2.75) is 52.1 Å². The number of aryl methyl sites for hydroxylation is 2. The van der Waals surface area contributed by atoms with Crippen LogP contribution in [0.4, 0.5) is 0 Å². The molecule has 152 valence electrons. The molecule has 0 saturated heterocycles. The molecule has 5 heteroatoms. The third kappa shape index (κ3) is 3.82. The summed E-state index contributed by atoms with van der Waals surface area (Å²) in [5, 5.41) is 1.58. The van der Waals surface area contributed by atoms with Gasteiger partial charge in [0.2, 0.25) is 0 Å². The maximum absolute atomic E-state index is 13.7. The van der Waals surface area contributed by atoms with Gasteiger partial charge in [-0.25, -0.2) is 4.98 Å². The first-order chi connectivity index (χ1) is 13.8. The maximum atomic E-state index is 13.7. The lowest BCUT2D eigenvalue weighted by Crippen LogP contribution is -2.27. The van der Waals surface area contributed by atoms with Crippen LogP contribution in [0.2, 0.25) is 0 Å². The highest BCUT2D eigenvalue weighted by Crippen LogP contribution is 2.42. The van der Waals surface area contributed by atoms with E-state index >= 15 is 0 Å². The Morgan fingerprint density at radius 2 is 2.03 bits per heavy atom. The maximum Gasteiger partial charge on any atom is 0.267 e. The second-order valence-corrected chi connectivity index (χ2v) is 11.0. The van der Waals surface area contributed by atoms with Gasteiger partial charge in [-0.3, -0.25) is 9.36 Å². The zero-order chi connectivity index (χ0) is 20.8. The molecule has 0 aliphatic heterocycles. The highest BCUT2D eigenvalue weighted by atomic mass is 32.2. The summed E-state index contributed by atoms with van der Waals surface area (Å²) < 4.78 is 1.79. The molecule has 2 heterocycles. The van der Waals surface area contributed by atoms with Crippen LogP contribution in [0, 0.1) is 18.3 Å². The predicted molar refractivity (Wildman–Crippen MR) is 126 cm³/mol. The molecule has 0 N–H and O–H groups in total. The Morgan fingerprint density at radius 3 is 2.69 bits per heavy atom. The molecular formula is C24H28N2OS2. The first kappa shape index (κ1) is 20.4. The second-order valence-electron chi connectivity index (χ2n) is 8.96. The van der Waals surface area contributed by atoms with Gasteiger partial charge in [-0.05, 0) is 55.2 Å². The van der Waals surface area contributed by atoms with Crippen molar-refractivity contribution in [1.29, 1.82) is 0 Å². The Kier molecular flexibility index (Phi) is 5.47. The summed E-state index contributed by atoms with van der Waals surface area (Å²) in [4.78, 5) is 20.9. The van der Waals surface area contributed by atoms with Crippen LogP contribution in [0.5, 0.6) is 0 Å². The minimum absolute atomic E-state index is 0.0668. The number of aromatic nitrogens is 2. The summed E-state index contributed by atoms with van der Waals surface area (Å²) in [6.45, 7) is 12.8. The first-order valence-corrected chi connectivity index (χ1v) is 12.0. The van der Waals surface area contributed by atoms with Gasteiger partial charge in [0.15, 0.2) is 5.16 Å². The van der Waals surface area contributed by atoms with E-state index in [1.54, 1.807) is 27.7 Å². The Bertz CT molecular complexity index is 1120. The molecule has 0 spiro atoms. The lowest BCUT2D eigenvalue weighted by atomic mass is 9.72. The molecule has 0 fully saturated rings. The molecule has 1 atom stereocenters. The van der Waals surface area contributed by atoms with E-state index in [0.29, 0.717) is 5.92 Å². The van der Waals surface area contributed by atoms with Crippen molar-refractivity contribution in [2.75, 3.05) is 5.75 Å². The van der Waals surface area contributed by atoms with Gasteiger partial charge in [0, 0.05) is 10.6 Å². The van der Waals surface area contributed by atoms with Crippen molar-refractivity contribution in [2.24, 2.45) is 11.3 Å². The minimum atomic E-state index is 0.0668. The standard InChI is InChI=1S/C24H28N2OS2/c1-6-13-28-23-25-21-20(22(27)26(23)17-10-7-15(2)8-11-17)18-12-9-16(24(3,4)5)14-19(18)29-21/h6-8,10-11,16H,1,9,12-14H2,2-5H3/t16-/m0/s1. The Hall–Kier alpha value is -1.85. The van der Waals surface area contributed by atoms with Crippen molar-refractivity contribution < 1.29 is 0 Å². The largest absolute Gasteiger partial charge is 0.268 e. The van der Waals surface area contributed by atoms with E-state index in [-0.39, 0.29) is 11.0 Å². The van der Waals surface area contributed by atoms with Crippen LogP contribution in [0.25, 0.3) is 15.9 Å². The second kappa shape index (κ2) is 7.77. The fourth-order valence-corrected chi connectivity index (χ4v) is 6.19. The van der Waals surface area contributed by atoms with Crippen molar-refractivity contribution in [3.05, 3.63) is 63.3 Å². The lowest BCUT2D eigenvalue weighted by Gasteiger charge is -2.33. The van der Waals surface area contributed by atoms with Gasteiger partial charge in [-0.2, -0.15) is 0 Å². The number of thioether (sulfide) groups is 1. The third-order valence-corrected chi connectivity index (χ3v) is 7.98. The SMILES string of the molecule is C=CCSc1nc2sc3c(c2c(=O)n1-c1ccc(C)cc1)CC[C@H](C(C)(C)C)C3. The van der Waals surface area contributed by atoms with E-state index in [2.05, 4.69) is 34.3 Å². The van der Waals surface area contributed by atoms with Crippen molar-refractivity contribution in [3.8, 4) is 5.69 Å². The molecule has 0 unspecified atom stereocenters. The highest BCUT2D eigenvalue weighted by molar-refractivity contribution is 7.99. The molecule has 4 rings (SSSR count). The zero-order valence-electron chi connectivity index (χ0n) is 17.6. The van der Waals surface area contributed by atoms with E-state index in [4.69, 9.17) is 4.98 Å². The number of thiophene rings is 1. The summed E-state index contributed by atoms with van der Waals surface area (Å²) in [5.74, 6) is 1.37. The van der Waals surface area contributed by atoms with Gasteiger partial charge in [-0.15, -0.1) is 17.9 Å². The summed E-state index contributed by atoms with van der Waals surface area (Å²) in [6, 6.07) is 8.11. The predicted octanol–water partition coefficient (Wildman–Crippen LogP) is 6.18. The fraction of sp³-hybridized carbons (Fsp3) is 0.417. The van der Waals surface area contributed by atoms with Crippen LogP contribution >= 0.6 is 23.1 Å². The van der Waals surface area contributed by atoms with E-state index in [0.717, 1.165) is 46.1 Å². The number of hydrogen-bond acceptors (Lipinski definition) is 4. The van der Waals surface area contributed by atoms with Gasteiger partial charge in [-0.1, -0.05) is 56.3 Å². The van der Waals surface area contributed by atoms with Gasteiger partial charge in [0.25, 0.3) is 5.56 Å². The molecule has 1 aliphatic rings. The van der Waals surface area contributed by atoms with E-state index < -0.39 is 0 Å². The molecule has 0 amide bonds. The average molecular weight is 425 g/mol. The summed E-state index contributed by atoms with van der Waals surface area (Å²) in [6.07, 6.45) is 5.02. The Balaban J connectivity index is 1.91. The van der Waals surface area contributed by atoms with Crippen molar-refractivity contribution >= 4 is 33.3 Å². The monoisotopic (exact) mass is 424 g/mol. The van der Waals surface area contributed by atoms with Crippen molar-refractivity contribution in [3.63, 3.8) is 0 Å². The van der Waals surface area contributed by atoms with Crippen LogP contribution in [0.15, 0.2) is 46.9 Å². The van der Waals surface area contributed by atoms with Crippen molar-refractivity contribution in [1.82, 2.24) is 9.55 Å². The van der Waals surface area contributed by atoms with Crippen LogP contribution in [0.1, 0.15) is 43.2 Å². The molecule has 2 aromatic heterocycles. The van der Waals surface area contributed by atoms with Crippen LogP contribution in [0.3, 0.4) is 0 Å². The highest BCUT2D eigenvalue weighted by Gasteiger charge is 2.32. The zero-order valence-corrected chi connectivity index (χ0v) is 19.3. The van der Waals surface area contributed by atoms with Crippen LogP contribution < -0.4 is 5.56 Å². The van der Waals surface area contributed by atoms with Gasteiger partial charge in [0.1, 0.15) is 4.83 Å². The number of fused-ring (bicyclic) bond motifs is 3. The summed E-state index contributed by atoms with van der Waals surface area (Å²) in [5.41, 5.74) is 3.65. The molecule has 1 aromatic carbocycles. The lowest BCUT2D eigenvalue weighted by molar-refractivity contribution is 0.218. The van der Waals surface area contributed by atoms with E-state index in [1.807, 2.05) is 30.3 Å². The molecule has 0 radical (unpaired) electrons. The Labute approximate surface area is 180 Å². The topological polar surface area (TPSA) is 34.9 Å². The third-order valence-electron chi connectivity index (χ3n) is 5.90. The van der Waals surface area contributed by atoms with E-state index in [9.17, 15) is 4.79 Å². The molecule has 3 nitrogen and oxygen atoms in total. The fourth-order valence-electron chi connectivity index (χ4n) is 4.10. The molecular weight excluding hydrogens is 396 g/mol. The summed E-state index contributed by atoms with van der Waals surface area (Å²) in [7, 11) is 0. The van der Waals surface area contributed by atoms with Crippen LogP contribution in [-0.4, -0.2) is 15.3 Å². The molecule has 0 bridgehead atoms. The first-order valence-electron chi connectivity index (χ1n) is 10.2. The van der Waals surface area contributed by atoms with Gasteiger partial charge < -0.3 is 0 Å². The van der Waals surface area contributed by atoms with E-state index in [1.165, 1.54) is 16.0 Å². The molecule has 29 heavy (non-hydrogen) atoms. The van der Waals surface area contributed by atoms with Gasteiger partial charge in [0.05, 0.1) is 11.1 Å². The number of nitrogens with zero attached hydrogens (tertiary/aromatic N) is 2. The minimum Gasteiger partial charge on any atom is -0.268 e. The summed E-state index contributed by atoms with van der Waals surface area (Å²) >= 11 is 3.29. The molecule has 0 saturated carbocycles. The van der Waals surface area contributed by atoms with Crippen LogP contribution in [-0.2, 0) is 12.8 Å². The van der Waals surface area contributed by atoms with Gasteiger partial charge >= 0.3 is 0 Å². The number of rotatable bonds is 4.